The second kappa shape index (κ2) is 49.7. The van der Waals surface area contributed by atoms with E-state index in [0.29, 0.717) is 19.4 Å². The van der Waals surface area contributed by atoms with Crippen LogP contribution >= 0.6 is 0 Å². The Morgan fingerprint density at radius 2 is 0.700 bits per heavy atom. The summed E-state index contributed by atoms with van der Waals surface area (Å²) in [7, 11) is 0. The third kappa shape index (κ3) is 47.0. The van der Waals surface area contributed by atoms with E-state index >= 15 is 0 Å². The van der Waals surface area contributed by atoms with Crippen molar-refractivity contribution in [2.45, 2.75) is 194 Å². The zero-order chi connectivity index (χ0) is 43.5. The van der Waals surface area contributed by atoms with Gasteiger partial charge < -0.3 is 14.2 Å². The lowest BCUT2D eigenvalue weighted by molar-refractivity contribution is -0.163. The summed E-state index contributed by atoms with van der Waals surface area (Å²) in [5, 5.41) is 0. The topological polar surface area (TPSA) is 61.8 Å². The standard InChI is InChI=1S/C55H88O5/c1-4-7-10-13-16-19-22-25-28-30-33-36-39-42-45-48-54(56)59-52-53(51-58-50-47-44-41-38-35-32-27-24-21-18-15-12-9-6-3)60-55(57)49-46-43-40-37-34-31-29-26-23-20-17-14-11-8-5-2/h7-12,16-21,25-29,32,38,41,53H,4-6,13-15,22-24,30-31,33-37,39-40,42-52H2,1-3H3/b10-7-,11-8-,12-9-,19-16-,20-17-,21-18-,28-25-,29-26-,32-27-,41-38-. The zero-order valence-corrected chi connectivity index (χ0v) is 38.7. The van der Waals surface area contributed by atoms with E-state index < -0.39 is 6.10 Å². The molecule has 0 aliphatic carbocycles. The second-order valence-corrected chi connectivity index (χ2v) is 15.2. The fourth-order valence-electron chi connectivity index (χ4n) is 6.01. The second-order valence-electron chi connectivity index (χ2n) is 15.2. The minimum absolute atomic E-state index is 0.0393. The fourth-order valence-corrected chi connectivity index (χ4v) is 6.01. The number of unbranched alkanes of at least 4 members (excludes halogenated alkanes) is 11. The van der Waals surface area contributed by atoms with Gasteiger partial charge in [-0.2, -0.15) is 0 Å². The molecular formula is C55H88O5. The first-order chi connectivity index (χ1) is 29.6. The van der Waals surface area contributed by atoms with Crippen molar-refractivity contribution in [3.63, 3.8) is 0 Å². The van der Waals surface area contributed by atoms with Gasteiger partial charge in [0.1, 0.15) is 6.61 Å². The molecule has 5 nitrogen and oxygen atoms in total. The molecule has 0 amide bonds. The Labute approximate surface area is 369 Å². The molecule has 0 aromatic carbocycles. The van der Waals surface area contributed by atoms with Gasteiger partial charge in [0.2, 0.25) is 0 Å². The van der Waals surface area contributed by atoms with Gasteiger partial charge in [0, 0.05) is 19.4 Å². The van der Waals surface area contributed by atoms with Crippen LogP contribution in [0.1, 0.15) is 188 Å². The predicted molar refractivity (Wildman–Crippen MR) is 260 cm³/mol. The Hall–Kier alpha value is -3.70. The van der Waals surface area contributed by atoms with Gasteiger partial charge in [-0.15, -0.1) is 0 Å². The summed E-state index contributed by atoms with van der Waals surface area (Å²) >= 11 is 0. The molecule has 0 radical (unpaired) electrons. The molecule has 0 saturated carbocycles. The maximum Gasteiger partial charge on any atom is 0.306 e. The molecule has 0 rings (SSSR count). The van der Waals surface area contributed by atoms with Gasteiger partial charge in [-0.1, -0.05) is 181 Å². The Bertz CT molecular complexity index is 1260. The number of ether oxygens (including phenoxy) is 3. The van der Waals surface area contributed by atoms with Crippen LogP contribution in [-0.4, -0.2) is 37.9 Å². The molecule has 0 fully saturated rings. The van der Waals surface area contributed by atoms with Crippen LogP contribution in [0.25, 0.3) is 0 Å². The first kappa shape index (κ1) is 56.3. The summed E-state index contributed by atoms with van der Waals surface area (Å²) in [4.78, 5) is 25.3. The van der Waals surface area contributed by atoms with E-state index in [-0.39, 0.29) is 25.2 Å². The van der Waals surface area contributed by atoms with E-state index in [1.165, 1.54) is 19.3 Å². The lowest BCUT2D eigenvalue weighted by Crippen LogP contribution is -2.30. The van der Waals surface area contributed by atoms with Crippen LogP contribution in [0.15, 0.2) is 122 Å². The van der Waals surface area contributed by atoms with Crippen LogP contribution in [0, 0.1) is 0 Å². The number of esters is 2. The highest BCUT2D eigenvalue weighted by atomic mass is 16.6. The van der Waals surface area contributed by atoms with Crippen molar-refractivity contribution in [3.05, 3.63) is 122 Å². The van der Waals surface area contributed by atoms with Crippen LogP contribution in [0.2, 0.25) is 0 Å². The van der Waals surface area contributed by atoms with E-state index in [1.807, 2.05) is 0 Å². The first-order valence-electron chi connectivity index (χ1n) is 24.1. The quantitative estimate of drug-likeness (QED) is 0.0348. The molecule has 0 heterocycles. The predicted octanol–water partition coefficient (Wildman–Crippen LogP) is 16.2. The fraction of sp³-hybridized carbons (Fsp3) is 0.600. The Kier molecular flexibility index (Phi) is 46.6. The van der Waals surface area contributed by atoms with Crippen molar-refractivity contribution < 1.29 is 23.8 Å². The molecule has 0 spiro atoms. The molecule has 0 aromatic heterocycles. The summed E-state index contributed by atoms with van der Waals surface area (Å²) < 4.78 is 17.3. The average molecular weight is 829 g/mol. The van der Waals surface area contributed by atoms with Gasteiger partial charge in [-0.25, -0.2) is 0 Å². The SMILES string of the molecule is CC/C=C\C/C=C\C/C=C\C/C=C\CCCOCC(COC(=O)CCCCCCC/C=C\C/C=C\C/C=C\CC)OC(=O)CCCCCCC/C=C\C/C=C\C/C=C\CC. The maximum atomic E-state index is 12.8. The van der Waals surface area contributed by atoms with Gasteiger partial charge >= 0.3 is 11.9 Å². The molecule has 60 heavy (non-hydrogen) atoms. The molecule has 5 heteroatoms. The monoisotopic (exact) mass is 829 g/mol. The zero-order valence-electron chi connectivity index (χ0n) is 38.7. The van der Waals surface area contributed by atoms with E-state index in [1.54, 1.807) is 0 Å². The number of carbonyl (C=O) groups is 2. The van der Waals surface area contributed by atoms with Gasteiger partial charge in [-0.3, -0.25) is 9.59 Å². The molecular weight excluding hydrogens is 741 g/mol. The van der Waals surface area contributed by atoms with Crippen LogP contribution in [0.4, 0.5) is 0 Å². The molecule has 0 N–H and O–H groups in total. The maximum absolute atomic E-state index is 12.8. The minimum Gasteiger partial charge on any atom is -0.462 e. The lowest BCUT2D eigenvalue weighted by Gasteiger charge is -2.18. The van der Waals surface area contributed by atoms with Gasteiger partial charge in [0.25, 0.3) is 0 Å². The van der Waals surface area contributed by atoms with E-state index in [2.05, 4.69) is 142 Å². The number of hydrogen-bond donors (Lipinski definition) is 0. The molecule has 0 aromatic rings. The highest BCUT2D eigenvalue weighted by Crippen LogP contribution is 2.12. The van der Waals surface area contributed by atoms with Crippen LogP contribution in [0.3, 0.4) is 0 Å². The summed E-state index contributed by atoms with van der Waals surface area (Å²) in [6, 6.07) is 0. The average Bonchev–Trinajstić information content (AvgIpc) is 3.25. The van der Waals surface area contributed by atoms with Crippen molar-refractivity contribution in [3.8, 4) is 0 Å². The molecule has 1 unspecified atom stereocenters. The number of hydrogen-bond acceptors (Lipinski definition) is 5. The summed E-state index contributed by atoms with van der Waals surface area (Å²) in [5.74, 6) is -0.477. The molecule has 0 aliphatic rings. The normalized spacial score (nSPS) is 13.3. The van der Waals surface area contributed by atoms with E-state index in [0.717, 1.165) is 135 Å². The molecule has 0 aliphatic heterocycles. The van der Waals surface area contributed by atoms with E-state index in [4.69, 9.17) is 14.2 Å². The molecule has 1 atom stereocenters. The van der Waals surface area contributed by atoms with Crippen LogP contribution in [-0.2, 0) is 23.8 Å². The van der Waals surface area contributed by atoms with Gasteiger partial charge in [0.15, 0.2) is 6.10 Å². The van der Waals surface area contributed by atoms with Crippen LogP contribution < -0.4 is 0 Å². The Morgan fingerprint density at radius 1 is 0.367 bits per heavy atom. The first-order valence-corrected chi connectivity index (χ1v) is 24.1. The highest BCUT2D eigenvalue weighted by molar-refractivity contribution is 5.70. The van der Waals surface area contributed by atoms with Crippen molar-refractivity contribution in [2.75, 3.05) is 19.8 Å². The number of allylic oxidation sites excluding steroid dienone is 20. The van der Waals surface area contributed by atoms with Crippen LogP contribution in [0.5, 0.6) is 0 Å². The third-order valence-electron chi connectivity index (χ3n) is 9.47. The minimum atomic E-state index is -0.588. The van der Waals surface area contributed by atoms with Gasteiger partial charge in [0.05, 0.1) is 6.61 Å². The van der Waals surface area contributed by atoms with E-state index in [9.17, 15) is 9.59 Å². The largest absolute Gasteiger partial charge is 0.462 e. The highest BCUT2D eigenvalue weighted by Gasteiger charge is 2.17. The van der Waals surface area contributed by atoms with Gasteiger partial charge in [-0.05, 0) is 116 Å². The van der Waals surface area contributed by atoms with Crippen molar-refractivity contribution in [2.24, 2.45) is 0 Å². The summed E-state index contributed by atoms with van der Waals surface area (Å²) in [6.07, 6.45) is 69.3. The van der Waals surface area contributed by atoms with Crippen molar-refractivity contribution in [1.29, 1.82) is 0 Å². The number of carbonyl (C=O) groups excluding carboxylic acids is 2. The Balaban J connectivity index is 4.44. The molecule has 0 saturated heterocycles. The molecule has 338 valence electrons. The van der Waals surface area contributed by atoms with Crippen molar-refractivity contribution >= 4 is 11.9 Å². The summed E-state index contributed by atoms with van der Waals surface area (Å²) in [6.45, 7) is 7.29. The Morgan fingerprint density at radius 3 is 1.12 bits per heavy atom. The lowest BCUT2D eigenvalue weighted by atomic mass is 10.1. The summed E-state index contributed by atoms with van der Waals surface area (Å²) in [5.41, 5.74) is 0. The molecule has 0 bridgehead atoms. The van der Waals surface area contributed by atoms with Crippen molar-refractivity contribution in [1.82, 2.24) is 0 Å². The third-order valence-corrected chi connectivity index (χ3v) is 9.47. The smallest absolute Gasteiger partial charge is 0.306 e. The number of rotatable bonds is 42.